The second-order valence-electron chi connectivity index (χ2n) is 9.86. The maximum atomic E-state index is 12.1. The molecule has 0 saturated carbocycles. The Balaban J connectivity index is 1.23. The maximum Gasteiger partial charge on any atom is 0.222 e. The van der Waals surface area contributed by atoms with Gasteiger partial charge in [0.15, 0.2) is 0 Å². The van der Waals surface area contributed by atoms with Gasteiger partial charge in [0, 0.05) is 71.2 Å². The van der Waals surface area contributed by atoms with Gasteiger partial charge in [-0.05, 0) is 48.6 Å². The van der Waals surface area contributed by atoms with Crippen LogP contribution >= 0.6 is 11.3 Å². The summed E-state index contributed by atoms with van der Waals surface area (Å²) in [6.45, 7) is 3.58. The van der Waals surface area contributed by atoms with Gasteiger partial charge in [0.1, 0.15) is 0 Å². The van der Waals surface area contributed by atoms with Gasteiger partial charge in [0.2, 0.25) is 5.91 Å². The molecule has 1 saturated heterocycles. The van der Waals surface area contributed by atoms with Crippen molar-refractivity contribution in [1.29, 1.82) is 0 Å². The summed E-state index contributed by atoms with van der Waals surface area (Å²) in [7, 11) is 1.93. The molecule has 0 spiro atoms. The Bertz CT molecular complexity index is 1430. The number of nitrogens with two attached hydrogens (primary N) is 1. The molecule has 3 heterocycles. The summed E-state index contributed by atoms with van der Waals surface area (Å²) in [6, 6.07) is 17.3. The highest BCUT2D eigenvalue weighted by molar-refractivity contribution is 7.16. The molecule has 184 valence electrons. The zero-order valence-corrected chi connectivity index (χ0v) is 21.5. The summed E-state index contributed by atoms with van der Waals surface area (Å²) in [6.07, 6.45) is 3.70. The van der Waals surface area contributed by atoms with Gasteiger partial charge in [-0.2, -0.15) is 5.10 Å². The van der Waals surface area contributed by atoms with Crippen LogP contribution in [0.1, 0.15) is 53.8 Å². The molecule has 0 radical (unpaired) electrons. The van der Waals surface area contributed by atoms with E-state index in [1.54, 1.807) is 0 Å². The van der Waals surface area contributed by atoms with Crippen molar-refractivity contribution >= 4 is 22.9 Å². The molecule has 0 bridgehead atoms. The first kappa shape index (κ1) is 23.0. The van der Waals surface area contributed by atoms with Crippen molar-refractivity contribution in [2.75, 3.05) is 18.9 Å². The number of rotatable bonds is 6. The van der Waals surface area contributed by atoms with Crippen molar-refractivity contribution in [2.24, 2.45) is 5.73 Å². The van der Waals surface area contributed by atoms with Gasteiger partial charge in [-0.3, -0.25) is 9.89 Å². The van der Waals surface area contributed by atoms with Crippen LogP contribution in [-0.2, 0) is 17.8 Å². The van der Waals surface area contributed by atoms with Gasteiger partial charge in [-0.1, -0.05) is 36.4 Å². The lowest BCUT2D eigenvalue weighted by Crippen LogP contribution is -2.34. The van der Waals surface area contributed by atoms with E-state index in [1.165, 1.54) is 32.0 Å². The predicted octanol–water partition coefficient (Wildman–Crippen LogP) is 5.95. The number of hydrogen-bond donors (Lipinski definition) is 3. The number of nitrogens with zero attached hydrogens (tertiary/aromatic N) is 2. The number of aromatic nitrogens is 2. The second-order valence-corrected chi connectivity index (χ2v) is 11.0. The molecule has 2 aliphatic rings. The van der Waals surface area contributed by atoms with Crippen molar-refractivity contribution in [1.82, 2.24) is 15.1 Å². The van der Waals surface area contributed by atoms with Gasteiger partial charge in [0.25, 0.3) is 0 Å². The Hall–Kier alpha value is -3.42. The summed E-state index contributed by atoms with van der Waals surface area (Å²) in [5.41, 5.74) is 16.4. The fourth-order valence-electron chi connectivity index (χ4n) is 5.41. The van der Waals surface area contributed by atoms with E-state index in [9.17, 15) is 4.79 Å². The van der Waals surface area contributed by atoms with Crippen molar-refractivity contribution in [3.8, 4) is 33.0 Å². The number of piperidine rings is 1. The number of carbonyl (C=O) groups is 1. The Morgan fingerprint density at radius 1 is 1.14 bits per heavy atom. The van der Waals surface area contributed by atoms with E-state index in [2.05, 4.69) is 58.9 Å². The summed E-state index contributed by atoms with van der Waals surface area (Å²) < 4.78 is 0. The van der Waals surface area contributed by atoms with E-state index in [0.717, 1.165) is 54.0 Å². The monoisotopic (exact) mass is 497 g/mol. The first-order chi connectivity index (χ1) is 17.5. The number of carbonyl (C=O) groups excluding carboxylic acids is 1. The minimum Gasteiger partial charge on any atom is -0.388 e. The lowest BCUT2D eigenvalue weighted by atomic mass is 10.00. The van der Waals surface area contributed by atoms with Gasteiger partial charge in [-0.15, -0.1) is 11.3 Å². The minimum absolute atomic E-state index is 0.0295. The summed E-state index contributed by atoms with van der Waals surface area (Å²) in [5.74, 6) is 0.279. The smallest absolute Gasteiger partial charge is 0.222 e. The number of H-pyrrole nitrogens is 1. The predicted molar refractivity (Wildman–Crippen MR) is 147 cm³/mol. The number of anilines is 1. The third-order valence-electron chi connectivity index (χ3n) is 7.40. The van der Waals surface area contributed by atoms with E-state index in [0.29, 0.717) is 13.0 Å². The molecule has 1 fully saturated rings. The molecular weight excluding hydrogens is 466 g/mol. The molecule has 2 aromatic heterocycles. The van der Waals surface area contributed by atoms with E-state index >= 15 is 0 Å². The Labute approximate surface area is 215 Å². The molecule has 7 heteroatoms. The second kappa shape index (κ2) is 9.22. The van der Waals surface area contributed by atoms with Gasteiger partial charge < -0.3 is 16.0 Å². The van der Waals surface area contributed by atoms with Gasteiger partial charge in [-0.25, -0.2) is 0 Å². The quantitative estimate of drug-likeness (QED) is 0.271. The highest BCUT2D eigenvalue weighted by atomic mass is 32.1. The molecule has 1 aliphatic carbocycles. The van der Waals surface area contributed by atoms with Crippen LogP contribution in [0.3, 0.4) is 0 Å². The van der Waals surface area contributed by atoms with Crippen molar-refractivity contribution in [3.63, 3.8) is 0 Å². The van der Waals surface area contributed by atoms with Gasteiger partial charge >= 0.3 is 0 Å². The van der Waals surface area contributed by atoms with Gasteiger partial charge in [0.05, 0.1) is 11.4 Å². The van der Waals surface area contributed by atoms with Crippen LogP contribution in [0.15, 0.2) is 48.5 Å². The molecule has 2 aromatic carbocycles. The number of likely N-dealkylation sites (tertiary alicyclic amines) is 1. The Kier molecular flexibility index (Phi) is 5.90. The first-order valence-electron chi connectivity index (χ1n) is 12.7. The fraction of sp³-hybridized carbons (Fsp3) is 0.310. The number of nitrogens with one attached hydrogen (secondary N) is 2. The highest BCUT2D eigenvalue weighted by Gasteiger charge is 2.28. The molecule has 6 nitrogen and oxygen atoms in total. The lowest BCUT2D eigenvalue weighted by molar-refractivity contribution is -0.133. The third-order valence-corrected chi connectivity index (χ3v) is 8.59. The number of aromatic amines is 1. The van der Waals surface area contributed by atoms with Crippen LogP contribution in [0.5, 0.6) is 0 Å². The number of benzene rings is 2. The minimum atomic E-state index is -0.0295. The van der Waals surface area contributed by atoms with Crippen molar-refractivity contribution in [3.05, 3.63) is 70.1 Å². The lowest BCUT2D eigenvalue weighted by Gasteiger charge is -2.26. The molecule has 4 aromatic rings. The Morgan fingerprint density at radius 2 is 1.94 bits per heavy atom. The topological polar surface area (TPSA) is 87.0 Å². The van der Waals surface area contributed by atoms with Crippen LogP contribution in [0.2, 0.25) is 0 Å². The molecular formula is C29H31N5OS. The average Bonchev–Trinajstić information content (AvgIpc) is 3.57. The molecule has 1 atom stereocenters. The van der Waals surface area contributed by atoms with E-state index in [-0.39, 0.29) is 11.9 Å². The number of fused-ring (bicyclic) bond motifs is 3. The van der Waals surface area contributed by atoms with Crippen LogP contribution < -0.4 is 11.1 Å². The molecule has 1 amide bonds. The Morgan fingerprint density at radius 3 is 2.69 bits per heavy atom. The van der Waals surface area contributed by atoms with Crippen LogP contribution in [0, 0.1) is 0 Å². The third kappa shape index (κ3) is 4.02. The first-order valence-corrected chi connectivity index (χ1v) is 13.5. The van der Waals surface area contributed by atoms with E-state index in [1.807, 2.05) is 30.2 Å². The van der Waals surface area contributed by atoms with E-state index in [4.69, 9.17) is 10.8 Å². The maximum absolute atomic E-state index is 12.1. The number of thiophene rings is 1. The van der Waals surface area contributed by atoms with Crippen molar-refractivity contribution in [2.45, 2.75) is 45.2 Å². The largest absolute Gasteiger partial charge is 0.388 e. The molecule has 36 heavy (non-hydrogen) atoms. The van der Waals surface area contributed by atoms with Crippen LogP contribution in [0.4, 0.5) is 5.69 Å². The number of amides is 1. The van der Waals surface area contributed by atoms with Crippen LogP contribution in [0.25, 0.3) is 33.0 Å². The fourth-order valence-corrected chi connectivity index (χ4v) is 6.60. The normalized spacial score (nSPS) is 15.6. The standard InChI is InChI=1S/C29H31N5OS/c1-17(30)21-11-10-20(13-24(21)31-2)28-23-15-26-22(29(23)33-32-28)14-25(36-26)19-8-6-18(7-9-19)16-34-12-4-3-5-27(34)35/h6-11,13-14,17,31H,3-5,12,15-16,30H2,1-2H3,(H,32,33). The highest BCUT2D eigenvalue weighted by Crippen LogP contribution is 2.46. The molecule has 6 rings (SSSR count). The zero-order valence-electron chi connectivity index (χ0n) is 20.7. The van der Waals surface area contributed by atoms with Crippen molar-refractivity contribution < 1.29 is 4.79 Å². The SMILES string of the molecule is CNc1cc(-c2n[nH]c3c2Cc2sc(-c4ccc(CN5CCCCC5=O)cc4)cc2-3)ccc1C(C)N. The zero-order chi connectivity index (χ0) is 24.8. The molecule has 1 unspecified atom stereocenters. The summed E-state index contributed by atoms with van der Waals surface area (Å²) in [4.78, 5) is 16.8. The van der Waals surface area contributed by atoms with Crippen LogP contribution in [-0.4, -0.2) is 34.6 Å². The molecule has 4 N–H and O–H groups in total. The summed E-state index contributed by atoms with van der Waals surface area (Å²) in [5, 5.41) is 11.3. The number of hydrogen-bond acceptors (Lipinski definition) is 5. The molecule has 1 aliphatic heterocycles. The average molecular weight is 498 g/mol. The summed E-state index contributed by atoms with van der Waals surface area (Å²) >= 11 is 1.85. The van der Waals surface area contributed by atoms with E-state index < -0.39 is 0 Å².